The zero-order chi connectivity index (χ0) is 15.5. The van der Waals surface area contributed by atoms with Crippen molar-refractivity contribution in [1.29, 1.82) is 0 Å². The van der Waals surface area contributed by atoms with Crippen molar-refractivity contribution in [3.63, 3.8) is 0 Å². The summed E-state index contributed by atoms with van der Waals surface area (Å²) in [4.78, 5) is 11.8. The molecule has 0 aromatic heterocycles. The van der Waals surface area contributed by atoms with E-state index in [9.17, 15) is 18.0 Å². The van der Waals surface area contributed by atoms with Gasteiger partial charge in [-0.25, -0.2) is 0 Å². The van der Waals surface area contributed by atoms with Crippen molar-refractivity contribution in [1.82, 2.24) is 0 Å². The van der Waals surface area contributed by atoms with E-state index in [0.29, 0.717) is 0 Å². The van der Waals surface area contributed by atoms with E-state index in [1.807, 2.05) is 6.07 Å². The lowest BCUT2D eigenvalue weighted by atomic mass is 9.87. The minimum Gasteiger partial charge on any atom is -0.299 e. The van der Waals surface area contributed by atoms with E-state index in [1.165, 1.54) is 19.1 Å². The largest absolute Gasteiger partial charge is 0.416 e. The van der Waals surface area contributed by atoms with E-state index < -0.39 is 17.7 Å². The number of halogens is 3. The smallest absolute Gasteiger partial charge is 0.299 e. The third kappa shape index (κ3) is 3.72. The molecule has 1 atom stereocenters. The first-order chi connectivity index (χ1) is 9.89. The third-order valence-corrected chi connectivity index (χ3v) is 3.44. The zero-order valence-electron chi connectivity index (χ0n) is 11.5. The average Bonchev–Trinajstić information content (AvgIpc) is 2.44. The van der Waals surface area contributed by atoms with Crippen LogP contribution in [0.4, 0.5) is 13.2 Å². The SMILES string of the molecule is CC(=O)C(Cc1ccccc1C(F)(F)F)c1ccccc1. The monoisotopic (exact) mass is 292 g/mol. The number of carbonyl (C=O) groups excluding carboxylic acids is 1. The summed E-state index contributed by atoms with van der Waals surface area (Å²) in [7, 11) is 0. The molecule has 2 rings (SSSR count). The number of Topliss-reactive ketones (excluding diaryl/α,β-unsaturated/α-hetero) is 1. The first kappa shape index (κ1) is 15.3. The molecule has 1 unspecified atom stereocenters. The second-order valence-corrected chi connectivity index (χ2v) is 4.93. The van der Waals surface area contributed by atoms with Gasteiger partial charge in [-0.3, -0.25) is 4.79 Å². The molecule has 2 aromatic rings. The molecule has 0 aliphatic heterocycles. The topological polar surface area (TPSA) is 17.1 Å². The van der Waals surface area contributed by atoms with E-state index >= 15 is 0 Å². The van der Waals surface area contributed by atoms with Crippen LogP contribution < -0.4 is 0 Å². The first-order valence-electron chi connectivity index (χ1n) is 6.60. The summed E-state index contributed by atoms with van der Waals surface area (Å²) in [6.07, 6.45) is -4.36. The van der Waals surface area contributed by atoms with Crippen molar-refractivity contribution in [2.75, 3.05) is 0 Å². The summed E-state index contributed by atoms with van der Waals surface area (Å²) < 4.78 is 39.1. The molecule has 0 aliphatic carbocycles. The Kier molecular flexibility index (Phi) is 4.46. The molecule has 0 radical (unpaired) electrons. The minimum absolute atomic E-state index is 0.0506. The summed E-state index contributed by atoms with van der Waals surface area (Å²) in [5, 5.41) is 0. The predicted octanol–water partition coefficient (Wildman–Crippen LogP) is 4.62. The Labute approximate surface area is 121 Å². The molecule has 0 saturated carbocycles. The van der Waals surface area contributed by atoms with E-state index in [2.05, 4.69) is 0 Å². The quantitative estimate of drug-likeness (QED) is 0.803. The maximum atomic E-state index is 13.0. The molecule has 4 heteroatoms. The molecule has 0 heterocycles. The lowest BCUT2D eigenvalue weighted by Gasteiger charge is -2.18. The van der Waals surface area contributed by atoms with Gasteiger partial charge in [0.25, 0.3) is 0 Å². The number of hydrogen-bond acceptors (Lipinski definition) is 1. The molecule has 21 heavy (non-hydrogen) atoms. The summed E-state index contributed by atoms with van der Waals surface area (Å²) in [5.41, 5.74) is 0.211. The molecular weight excluding hydrogens is 277 g/mol. The minimum atomic E-state index is -4.41. The Hall–Kier alpha value is -2.10. The summed E-state index contributed by atoms with van der Waals surface area (Å²) >= 11 is 0. The second kappa shape index (κ2) is 6.12. The molecule has 110 valence electrons. The number of rotatable bonds is 4. The van der Waals surface area contributed by atoms with Crippen molar-refractivity contribution in [3.8, 4) is 0 Å². The van der Waals surface area contributed by atoms with Crippen LogP contribution in [-0.4, -0.2) is 5.78 Å². The molecule has 1 nitrogen and oxygen atoms in total. The van der Waals surface area contributed by atoms with Gasteiger partial charge in [-0.15, -0.1) is 0 Å². The van der Waals surface area contributed by atoms with Crippen LogP contribution in [0.15, 0.2) is 54.6 Å². The highest BCUT2D eigenvalue weighted by molar-refractivity contribution is 5.83. The van der Waals surface area contributed by atoms with E-state index in [0.717, 1.165) is 11.6 Å². The highest BCUT2D eigenvalue weighted by atomic mass is 19.4. The predicted molar refractivity (Wildman–Crippen MR) is 75.0 cm³/mol. The van der Waals surface area contributed by atoms with E-state index in [-0.39, 0.29) is 17.8 Å². The maximum absolute atomic E-state index is 13.0. The van der Waals surface area contributed by atoms with Crippen LogP contribution in [-0.2, 0) is 17.4 Å². The maximum Gasteiger partial charge on any atom is 0.416 e. The summed E-state index contributed by atoms with van der Waals surface area (Å²) in [6, 6.07) is 14.3. The molecule has 0 amide bonds. The van der Waals surface area contributed by atoms with Gasteiger partial charge in [-0.1, -0.05) is 48.5 Å². The normalized spacial score (nSPS) is 13.0. The van der Waals surface area contributed by atoms with Gasteiger partial charge in [0.2, 0.25) is 0 Å². The third-order valence-electron chi connectivity index (χ3n) is 3.44. The fourth-order valence-electron chi connectivity index (χ4n) is 2.38. The molecule has 0 bridgehead atoms. The summed E-state index contributed by atoms with van der Waals surface area (Å²) in [5.74, 6) is -0.701. The van der Waals surface area contributed by atoms with Crippen molar-refractivity contribution in [3.05, 3.63) is 71.3 Å². The van der Waals surface area contributed by atoms with E-state index in [1.54, 1.807) is 30.3 Å². The van der Waals surface area contributed by atoms with Gasteiger partial charge in [-0.2, -0.15) is 13.2 Å². The van der Waals surface area contributed by atoms with Crippen molar-refractivity contribution >= 4 is 5.78 Å². The van der Waals surface area contributed by atoms with Crippen LogP contribution in [0.3, 0.4) is 0 Å². The fraction of sp³-hybridized carbons (Fsp3) is 0.235. The number of alkyl halides is 3. The Balaban J connectivity index is 2.37. The standard InChI is InChI=1S/C17H15F3O/c1-12(21)15(13-7-3-2-4-8-13)11-14-9-5-6-10-16(14)17(18,19)20/h2-10,15H,11H2,1H3. The average molecular weight is 292 g/mol. The van der Waals surface area contributed by atoms with Crippen LogP contribution in [0, 0.1) is 0 Å². The van der Waals surface area contributed by atoms with Crippen LogP contribution in [0.25, 0.3) is 0 Å². The Morgan fingerprint density at radius 3 is 2.14 bits per heavy atom. The highest BCUT2D eigenvalue weighted by Crippen LogP contribution is 2.34. The van der Waals surface area contributed by atoms with Gasteiger partial charge < -0.3 is 0 Å². The Morgan fingerprint density at radius 2 is 1.57 bits per heavy atom. The van der Waals surface area contributed by atoms with Gasteiger partial charge in [0.15, 0.2) is 0 Å². The number of benzene rings is 2. The van der Waals surface area contributed by atoms with Crippen LogP contribution in [0.2, 0.25) is 0 Å². The van der Waals surface area contributed by atoms with Gasteiger partial charge in [0.05, 0.1) is 5.56 Å². The van der Waals surface area contributed by atoms with Gasteiger partial charge in [-0.05, 0) is 30.5 Å². The Bertz CT molecular complexity index is 617. The molecular formula is C17H15F3O. The van der Waals surface area contributed by atoms with Gasteiger partial charge >= 0.3 is 6.18 Å². The van der Waals surface area contributed by atoms with Gasteiger partial charge in [0, 0.05) is 5.92 Å². The van der Waals surface area contributed by atoms with Gasteiger partial charge in [0.1, 0.15) is 5.78 Å². The molecule has 0 N–H and O–H groups in total. The van der Waals surface area contributed by atoms with Crippen LogP contribution in [0.5, 0.6) is 0 Å². The molecule has 0 saturated heterocycles. The first-order valence-corrected chi connectivity index (χ1v) is 6.60. The van der Waals surface area contributed by atoms with Crippen molar-refractivity contribution in [2.24, 2.45) is 0 Å². The van der Waals surface area contributed by atoms with E-state index in [4.69, 9.17) is 0 Å². The van der Waals surface area contributed by atoms with Crippen LogP contribution >= 0.6 is 0 Å². The molecule has 0 aliphatic rings. The van der Waals surface area contributed by atoms with Crippen LogP contribution in [0.1, 0.15) is 29.5 Å². The Morgan fingerprint density at radius 1 is 1.00 bits per heavy atom. The second-order valence-electron chi connectivity index (χ2n) is 4.93. The number of carbonyl (C=O) groups is 1. The molecule has 0 spiro atoms. The van der Waals surface area contributed by atoms with Crippen molar-refractivity contribution < 1.29 is 18.0 Å². The zero-order valence-corrected chi connectivity index (χ0v) is 11.5. The summed E-state index contributed by atoms with van der Waals surface area (Å²) in [6.45, 7) is 1.41. The van der Waals surface area contributed by atoms with Crippen molar-refractivity contribution in [2.45, 2.75) is 25.4 Å². The molecule has 0 fully saturated rings. The fourth-order valence-corrected chi connectivity index (χ4v) is 2.38. The highest BCUT2D eigenvalue weighted by Gasteiger charge is 2.33. The lowest BCUT2D eigenvalue weighted by Crippen LogP contribution is -2.16. The number of ketones is 1. The number of hydrogen-bond donors (Lipinski definition) is 0. The lowest BCUT2D eigenvalue weighted by molar-refractivity contribution is -0.138. The molecule has 2 aromatic carbocycles.